The second kappa shape index (κ2) is 7.49. The van der Waals surface area contributed by atoms with Crippen molar-refractivity contribution < 1.29 is 9.59 Å². The van der Waals surface area contributed by atoms with Gasteiger partial charge >= 0.3 is 0 Å². The predicted octanol–water partition coefficient (Wildman–Crippen LogP) is 3.63. The van der Waals surface area contributed by atoms with Crippen molar-refractivity contribution in [2.24, 2.45) is 0 Å². The summed E-state index contributed by atoms with van der Waals surface area (Å²) in [5, 5.41) is 0.826. The Balaban J connectivity index is 2.23. The Kier molecular flexibility index (Phi) is 5.86. The van der Waals surface area contributed by atoms with Crippen molar-refractivity contribution in [3.8, 4) is 0 Å². The number of fused-ring (bicyclic) bond motifs is 1. The average molecular weight is 445 g/mol. The smallest absolute Gasteiger partial charge is 0.256 e. The van der Waals surface area contributed by atoms with Gasteiger partial charge in [-0.1, -0.05) is 0 Å². The number of likely N-dealkylation sites (N-methyl/N-ethyl adjacent to an activating group) is 2. The van der Waals surface area contributed by atoms with Gasteiger partial charge in [-0.2, -0.15) is 0 Å². The van der Waals surface area contributed by atoms with Crippen LogP contribution >= 0.6 is 31.9 Å². The fraction of sp³-hybridized carbons (Fsp3) is 0.375. The van der Waals surface area contributed by atoms with E-state index in [0.29, 0.717) is 18.7 Å². The summed E-state index contributed by atoms with van der Waals surface area (Å²) in [7, 11) is 1.65. The van der Waals surface area contributed by atoms with Crippen LogP contribution in [0.15, 0.2) is 27.3 Å². The largest absolute Gasteiger partial charge is 0.360 e. The number of hydrogen-bond acceptors (Lipinski definition) is 2. The molecule has 1 aromatic carbocycles. The molecule has 2 aromatic rings. The third-order valence-electron chi connectivity index (χ3n) is 3.79. The number of aromatic amines is 1. The molecule has 0 fully saturated rings. The number of amides is 2. The molecule has 1 N–H and O–H groups in total. The fourth-order valence-corrected chi connectivity index (χ4v) is 3.14. The van der Waals surface area contributed by atoms with E-state index >= 15 is 0 Å². The van der Waals surface area contributed by atoms with Crippen LogP contribution in [-0.4, -0.2) is 53.3 Å². The van der Waals surface area contributed by atoms with E-state index in [0.717, 1.165) is 19.8 Å². The van der Waals surface area contributed by atoms with Gasteiger partial charge in [0.15, 0.2) is 0 Å². The van der Waals surface area contributed by atoms with Crippen molar-refractivity contribution >= 4 is 54.6 Å². The molecule has 1 aromatic heterocycles. The minimum absolute atomic E-state index is 0.0467. The topological polar surface area (TPSA) is 56.4 Å². The normalized spacial score (nSPS) is 10.8. The maximum Gasteiger partial charge on any atom is 0.256 e. The summed E-state index contributed by atoms with van der Waals surface area (Å²) in [6.45, 7) is 5.22. The molecule has 2 rings (SSSR count). The van der Waals surface area contributed by atoms with Crippen LogP contribution in [0.5, 0.6) is 0 Å². The highest BCUT2D eigenvalue weighted by Gasteiger charge is 2.20. The highest BCUT2D eigenvalue weighted by atomic mass is 79.9. The molecule has 0 aliphatic carbocycles. The van der Waals surface area contributed by atoms with Crippen LogP contribution in [0.3, 0.4) is 0 Å². The second-order valence-electron chi connectivity index (χ2n) is 5.24. The Morgan fingerprint density at radius 2 is 1.74 bits per heavy atom. The third kappa shape index (κ3) is 3.77. The average Bonchev–Trinajstić information content (AvgIpc) is 2.90. The van der Waals surface area contributed by atoms with E-state index in [4.69, 9.17) is 0 Å². The molecule has 0 saturated heterocycles. The van der Waals surface area contributed by atoms with E-state index in [2.05, 4.69) is 36.8 Å². The maximum absolute atomic E-state index is 12.7. The molecule has 1 heterocycles. The van der Waals surface area contributed by atoms with Gasteiger partial charge in [-0.05, 0) is 57.8 Å². The van der Waals surface area contributed by atoms with Crippen molar-refractivity contribution in [2.75, 3.05) is 26.7 Å². The van der Waals surface area contributed by atoms with Crippen LogP contribution in [0, 0.1) is 0 Å². The Morgan fingerprint density at radius 3 is 2.35 bits per heavy atom. The number of rotatable bonds is 5. The minimum atomic E-state index is -0.175. The van der Waals surface area contributed by atoms with E-state index < -0.39 is 0 Å². The molecule has 0 aliphatic heterocycles. The molecular formula is C16H19Br2N3O2. The Bertz CT molecular complexity index is 738. The molecule has 0 spiro atoms. The Hall–Kier alpha value is -1.34. The molecule has 7 heteroatoms. The lowest BCUT2D eigenvalue weighted by atomic mass is 10.1. The van der Waals surface area contributed by atoms with Gasteiger partial charge in [0.25, 0.3) is 5.91 Å². The molecule has 0 aliphatic rings. The van der Waals surface area contributed by atoms with E-state index in [9.17, 15) is 9.59 Å². The first-order valence-electron chi connectivity index (χ1n) is 7.38. The molecule has 23 heavy (non-hydrogen) atoms. The third-order valence-corrected chi connectivity index (χ3v) is 5.63. The first-order valence-corrected chi connectivity index (χ1v) is 8.97. The number of nitrogens with one attached hydrogen (secondary N) is 1. The minimum Gasteiger partial charge on any atom is -0.360 e. The summed E-state index contributed by atoms with van der Waals surface area (Å²) in [5.74, 6) is -0.222. The van der Waals surface area contributed by atoms with Gasteiger partial charge in [-0.15, -0.1) is 0 Å². The monoisotopic (exact) mass is 443 g/mol. The molecule has 0 bridgehead atoms. The summed E-state index contributed by atoms with van der Waals surface area (Å²) >= 11 is 6.90. The summed E-state index contributed by atoms with van der Waals surface area (Å²) < 4.78 is 1.79. The van der Waals surface area contributed by atoms with Gasteiger partial charge in [-0.3, -0.25) is 9.59 Å². The van der Waals surface area contributed by atoms with Crippen molar-refractivity contribution in [2.45, 2.75) is 13.8 Å². The van der Waals surface area contributed by atoms with Gasteiger partial charge in [0, 0.05) is 46.2 Å². The van der Waals surface area contributed by atoms with Crippen molar-refractivity contribution in [3.63, 3.8) is 0 Å². The lowest BCUT2D eigenvalue weighted by Crippen LogP contribution is -2.41. The summed E-state index contributed by atoms with van der Waals surface area (Å²) in [4.78, 5) is 31.1. The molecule has 0 atom stereocenters. The van der Waals surface area contributed by atoms with Gasteiger partial charge in [-0.25, -0.2) is 0 Å². The first kappa shape index (κ1) is 18.0. The lowest BCUT2D eigenvalue weighted by Gasteiger charge is -2.23. The highest BCUT2D eigenvalue weighted by Crippen LogP contribution is 2.30. The number of carbonyl (C=O) groups excluding carboxylic acids is 2. The number of hydrogen-bond donors (Lipinski definition) is 1. The number of carbonyl (C=O) groups is 2. The SMILES string of the molecule is CCN(CC)C(=O)CN(C)C(=O)c1c[nH]c2cc(Br)c(Br)cc12. The number of halogens is 2. The Labute approximate surface area is 152 Å². The van der Waals surface area contributed by atoms with Crippen LogP contribution < -0.4 is 0 Å². The van der Waals surface area contributed by atoms with Crippen LogP contribution in [0.1, 0.15) is 24.2 Å². The standard InChI is InChI=1S/C16H19Br2N3O2/c1-4-21(5-2)15(22)9-20(3)16(23)11-8-19-14-7-13(18)12(17)6-10(11)14/h6-8,19H,4-5,9H2,1-3H3. The lowest BCUT2D eigenvalue weighted by molar-refractivity contribution is -0.131. The zero-order valence-electron chi connectivity index (χ0n) is 13.3. The number of benzene rings is 1. The van der Waals surface area contributed by atoms with E-state index in [1.54, 1.807) is 18.1 Å². The molecule has 0 unspecified atom stereocenters. The maximum atomic E-state index is 12.7. The summed E-state index contributed by atoms with van der Waals surface area (Å²) in [5.41, 5.74) is 1.43. The zero-order chi connectivity index (χ0) is 17.1. The van der Waals surface area contributed by atoms with Crippen molar-refractivity contribution in [1.29, 1.82) is 0 Å². The van der Waals surface area contributed by atoms with Crippen LogP contribution in [0.4, 0.5) is 0 Å². The summed E-state index contributed by atoms with van der Waals surface area (Å²) in [6, 6.07) is 3.81. The summed E-state index contributed by atoms with van der Waals surface area (Å²) in [6.07, 6.45) is 1.68. The molecule has 0 radical (unpaired) electrons. The predicted molar refractivity (Wildman–Crippen MR) is 98.6 cm³/mol. The quantitative estimate of drug-likeness (QED) is 0.765. The molecular weight excluding hydrogens is 426 g/mol. The number of aromatic nitrogens is 1. The van der Waals surface area contributed by atoms with E-state index in [1.165, 1.54) is 4.90 Å². The van der Waals surface area contributed by atoms with Gasteiger partial charge < -0.3 is 14.8 Å². The number of nitrogens with zero attached hydrogens (tertiary/aromatic N) is 2. The zero-order valence-corrected chi connectivity index (χ0v) is 16.5. The van der Waals surface area contributed by atoms with Crippen molar-refractivity contribution in [3.05, 3.63) is 32.8 Å². The van der Waals surface area contributed by atoms with E-state index in [-0.39, 0.29) is 18.4 Å². The molecule has 5 nitrogen and oxygen atoms in total. The van der Waals surface area contributed by atoms with E-state index in [1.807, 2.05) is 26.0 Å². The van der Waals surface area contributed by atoms with Crippen LogP contribution in [-0.2, 0) is 4.79 Å². The molecule has 124 valence electrons. The molecule has 0 saturated carbocycles. The first-order chi connectivity index (χ1) is 10.9. The molecule has 2 amide bonds. The second-order valence-corrected chi connectivity index (χ2v) is 6.95. The highest BCUT2D eigenvalue weighted by molar-refractivity contribution is 9.13. The van der Waals surface area contributed by atoms with Crippen molar-refractivity contribution in [1.82, 2.24) is 14.8 Å². The fourth-order valence-electron chi connectivity index (χ4n) is 2.45. The van der Waals surface area contributed by atoms with Crippen LogP contribution in [0.2, 0.25) is 0 Å². The van der Waals surface area contributed by atoms with Gasteiger partial charge in [0.1, 0.15) is 0 Å². The van der Waals surface area contributed by atoms with Gasteiger partial charge in [0.2, 0.25) is 5.91 Å². The van der Waals surface area contributed by atoms with Gasteiger partial charge in [0.05, 0.1) is 12.1 Å². The Morgan fingerprint density at radius 1 is 1.13 bits per heavy atom. The number of H-pyrrole nitrogens is 1. The van der Waals surface area contributed by atoms with Crippen LogP contribution in [0.25, 0.3) is 10.9 Å².